The molecule has 0 bridgehead atoms. The van der Waals surface area contributed by atoms with Crippen molar-refractivity contribution in [2.24, 2.45) is 7.05 Å². The Morgan fingerprint density at radius 2 is 2.08 bits per heavy atom. The predicted octanol–water partition coefficient (Wildman–Crippen LogP) is 1.85. The molecule has 0 saturated carbocycles. The number of pyridine rings is 1. The molecule has 134 valence electrons. The molecule has 0 spiro atoms. The first-order valence-corrected chi connectivity index (χ1v) is 8.80. The zero-order valence-corrected chi connectivity index (χ0v) is 14.9. The molecule has 1 aliphatic rings. The number of fused-ring (bicyclic) bond motifs is 1. The van der Waals surface area contributed by atoms with E-state index in [-0.39, 0.29) is 11.9 Å². The minimum atomic E-state index is 0.0395. The van der Waals surface area contributed by atoms with E-state index in [0.29, 0.717) is 24.6 Å². The smallest absolute Gasteiger partial charge is 0.224 e. The van der Waals surface area contributed by atoms with Gasteiger partial charge in [-0.1, -0.05) is 6.92 Å². The first-order valence-electron chi connectivity index (χ1n) is 8.80. The lowest BCUT2D eigenvalue weighted by atomic mass is 10.2. The molecule has 0 radical (unpaired) electrons. The molecule has 1 amide bonds. The van der Waals surface area contributed by atoms with E-state index in [1.54, 1.807) is 23.3 Å². The van der Waals surface area contributed by atoms with Crippen LogP contribution < -0.4 is 5.32 Å². The first-order chi connectivity index (χ1) is 12.7. The number of aryl methyl sites for hydroxylation is 1. The molecule has 8 heteroatoms. The van der Waals surface area contributed by atoms with Crippen molar-refractivity contribution in [3.63, 3.8) is 0 Å². The fourth-order valence-corrected chi connectivity index (χ4v) is 3.31. The lowest BCUT2D eigenvalue weighted by Gasteiger charge is -2.17. The highest BCUT2D eigenvalue weighted by Crippen LogP contribution is 2.26. The van der Waals surface area contributed by atoms with Gasteiger partial charge in [-0.15, -0.1) is 0 Å². The summed E-state index contributed by atoms with van der Waals surface area (Å²) in [7, 11) is 1.86. The number of carbonyl (C=O) groups excluding carboxylic acids is 1. The average molecular weight is 351 g/mol. The molecule has 1 atom stereocenters. The standard InChI is InChI=1S/C18H21N7O/c1-3-8-25-11-13(9-15(25)26)21-17-14-10-20-24(2)18(14)23-16(22-17)12-4-6-19-7-5-12/h4-7,10,13H,3,8-9,11H2,1-2H3,(H,21,22,23)/t13-/m1/s1. The monoisotopic (exact) mass is 351 g/mol. The van der Waals surface area contributed by atoms with Gasteiger partial charge in [0.05, 0.1) is 17.6 Å². The minimum Gasteiger partial charge on any atom is -0.364 e. The van der Waals surface area contributed by atoms with Crippen LogP contribution in [-0.4, -0.2) is 54.7 Å². The molecular formula is C18H21N7O. The number of anilines is 1. The van der Waals surface area contributed by atoms with Crippen LogP contribution in [0.5, 0.6) is 0 Å². The second kappa shape index (κ2) is 6.70. The van der Waals surface area contributed by atoms with Crippen molar-refractivity contribution in [1.82, 2.24) is 29.6 Å². The van der Waals surface area contributed by atoms with Crippen LogP contribution in [0, 0.1) is 0 Å². The van der Waals surface area contributed by atoms with Gasteiger partial charge in [0.25, 0.3) is 0 Å². The average Bonchev–Trinajstić information content (AvgIpc) is 3.19. The lowest BCUT2D eigenvalue weighted by molar-refractivity contribution is -0.127. The third-order valence-corrected chi connectivity index (χ3v) is 4.58. The Kier molecular flexibility index (Phi) is 4.24. The summed E-state index contributed by atoms with van der Waals surface area (Å²) in [6.07, 6.45) is 6.64. The van der Waals surface area contributed by atoms with E-state index >= 15 is 0 Å². The Hall–Kier alpha value is -3.03. The number of hydrogen-bond acceptors (Lipinski definition) is 6. The van der Waals surface area contributed by atoms with Gasteiger partial charge in [-0.2, -0.15) is 5.10 Å². The maximum absolute atomic E-state index is 12.2. The molecule has 0 aromatic carbocycles. The van der Waals surface area contributed by atoms with Gasteiger partial charge in [0, 0.05) is 44.5 Å². The second-order valence-corrected chi connectivity index (χ2v) is 6.52. The third kappa shape index (κ3) is 2.98. The quantitative estimate of drug-likeness (QED) is 0.755. The molecule has 1 saturated heterocycles. The molecule has 0 unspecified atom stereocenters. The van der Waals surface area contributed by atoms with E-state index in [0.717, 1.165) is 29.6 Å². The van der Waals surface area contributed by atoms with Gasteiger partial charge in [-0.25, -0.2) is 9.97 Å². The molecule has 0 aliphatic carbocycles. The molecular weight excluding hydrogens is 330 g/mol. The van der Waals surface area contributed by atoms with Crippen molar-refractivity contribution in [2.75, 3.05) is 18.4 Å². The van der Waals surface area contributed by atoms with Crippen LogP contribution in [0.25, 0.3) is 22.4 Å². The first kappa shape index (κ1) is 16.4. The Balaban J connectivity index is 1.69. The maximum Gasteiger partial charge on any atom is 0.224 e. The fourth-order valence-electron chi connectivity index (χ4n) is 3.31. The molecule has 4 rings (SSSR count). The van der Waals surface area contributed by atoms with Gasteiger partial charge in [0.15, 0.2) is 11.5 Å². The maximum atomic E-state index is 12.2. The SMILES string of the molecule is CCCN1C[C@H](Nc2nc(-c3ccncc3)nc3c2cnn3C)CC1=O. The van der Waals surface area contributed by atoms with Crippen LogP contribution in [0.1, 0.15) is 19.8 Å². The Morgan fingerprint density at radius 3 is 2.85 bits per heavy atom. The summed E-state index contributed by atoms with van der Waals surface area (Å²) < 4.78 is 1.73. The van der Waals surface area contributed by atoms with E-state index in [1.807, 2.05) is 24.1 Å². The number of nitrogens with zero attached hydrogens (tertiary/aromatic N) is 6. The fraction of sp³-hybridized carbons (Fsp3) is 0.389. The largest absolute Gasteiger partial charge is 0.364 e. The van der Waals surface area contributed by atoms with E-state index in [4.69, 9.17) is 4.98 Å². The van der Waals surface area contributed by atoms with Crippen LogP contribution >= 0.6 is 0 Å². The summed E-state index contributed by atoms with van der Waals surface area (Å²) in [4.78, 5) is 27.5. The Morgan fingerprint density at radius 1 is 1.27 bits per heavy atom. The Bertz CT molecular complexity index is 937. The highest BCUT2D eigenvalue weighted by molar-refractivity contribution is 5.89. The highest BCUT2D eigenvalue weighted by atomic mass is 16.2. The van der Waals surface area contributed by atoms with Gasteiger partial charge < -0.3 is 10.2 Å². The lowest BCUT2D eigenvalue weighted by Crippen LogP contribution is -2.28. The molecule has 1 N–H and O–H groups in total. The summed E-state index contributed by atoms with van der Waals surface area (Å²) in [5.41, 5.74) is 1.64. The van der Waals surface area contributed by atoms with Crippen LogP contribution in [0.4, 0.5) is 5.82 Å². The summed E-state index contributed by atoms with van der Waals surface area (Å²) in [5.74, 6) is 1.52. The summed E-state index contributed by atoms with van der Waals surface area (Å²) in [6, 6.07) is 3.80. The topological polar surface area (TPSA) is 88.8 Å². The van der Waals surface area contributed by atoms with Crippen LogP contribution in [0.3, 0.4) is 0 Å². The number of rotatable bonds is 5. The molecule has 3 aromatic rings. The predicted molar refractivity (Wildman–Crippen MR) is 98.4 cm³/mol. The van der Waals surface area contributed by atoms with Crippen LogP contribution in [0.15, 0.2) is 30.7 Å². The second-order valence-electron chi connectivity index (χ2n) is 6.52. The van der Waals surface area contributed by atoms with Crippen molar-refractivity contribution >= 4 is 22.8 Å². The molecule has 26 heavy (non-hydrogen) atoms. The summed E-state index contributed by atoms with van der Waals surface area (Å²) >= 11 is 0. The van der Waals surface area contributed by atoms with Gasteiger partial charge in [0.2, 0.25) is 5.91 Å². The molecule has 4 heterocycles. The van der Waals surface area contributed by atoms with E-state index in [1.165, 1.54) is 0 Å². The highest BCUT2D eigenvalue weighted by Gasteiger charge is 2.29. The molecule has 1 aliphatic heterocycles. The number of nitrogens with one attached hydrogen (secondary N) is 1. The van der Waals surface area contributed by atoms with Crippen molar-refractivity contribution in [1.29, 1.82) is 0 Å². The minimum absolute atomic E-state index is 0.0395. The van der Waals surface area contributed by atoms with Gasteiger partial charge in [-0.05, 0) is 18.6 Å². The number of hydrogen-bond donors (Lipinski definition) is 1. The normalized spacial score (nSPS) is 17.2. The van der Waals surface area contributed by atoms with Gasteiger partial charge in [0.1, 0.15) is 5.82 Å². The van der Waals surface area contributed by atoms with E-state index < -0.39 is 0 Å². The number of aromatic nitrogens is 5. The zero-order chi connectivity index (χ0) is 18.1. The third-order valence-electron chi connectivity index (χ3n) is 4.58. The van der Waals surface area contributed by atoms with Gasteiger partial charge in [-0.3, -0.25) is 14.5 Å². The molecule has 3 aromatic heterocycles. The summed E-state index contributed by atoms with van der Waals surface area (Å²) in [6.45, 7) is 3.58. The number of amides is 1. The van der Waals surface area contributed by atoms with Gasteiger partial charge >= 0.3 is 0 Å². The van der Waals surface area contributed by atoms with Crippen molar-refractivity contribution in [2.45, 2.75) is 25.8 Å². The molecule has 1 fully saturated rings. The molecule has 8 nitrogen and oxygen atoms in total. The van der Waals surface area contributed by atoms with Crippen molar-refractivity contribution in [3.05, 3.63) is 30.7 Å². The van der Waals surface area contributed by atoms with Crippen LogP contribution in [-0.2, 0) is 11.8 Å². The summed E-state index contributed by atoms with van der Waals surface area (Å²) in [5, 5.41) is 8.61. The van der Waals surface area contributed by atoms with E-state index in [9.17, 15) is 4.79 Å². The zero-order valence-electron chi connectivity index (χ0n) is 14.9. The van der Waals surface area contributed by atoms with Crippen molar-refractivity contribution < 1.29 is 4.79 Å². The number of carbonyl (C=O) groups is 1. The van der Waals surface area contributed by atoms with Crippen molar-refractivity contribution in [3.8, 4) is 11.4 Å². The number of likely N-dealkylation sites (tertiary alicyclic amines) is 1. The Labute approximate surface area is 151 Å². The van der Waals surface area contributed by atoms with Crippen LogP contribution in [0.2, 0.25) is 0 Å². The van der Waals surface area contributed by atoms with E-state index in [2.05, 4.69) is 27.3 Å².